The zero-order valence-electron chi connectivity index (χ0n) is 12.7. The van der Waals surface area contributed by atoms with Gasteiger partial charge in [-0.05, 0) is 26.8 Å². The van der Waals surface area contributed by atoms with Gasteiger partial charge in [-0.3, -0.25) is 9.59 Å². The Balaban J connectivity index is 2.71. The molecule has 5 nitrogen and oxygen atoms in total. The van der Waals surface area contributed by atoms with Gasteiger partial charge in [0.25, 0.3) is 0 Å². The molecule has 0 heterocycles. The third-order valence-corrected chi connectivity index (χ3v) is 2.82. The predicted octanol–water partition coefficient (Wildman–Crippen LogP) is 3.55. The first-order valence-corrected chi connectivity index (χ1v) is 7.32. The first-order chi connectivity index (χ1) is 10.3. The van der Waals surface area contributed by atoms with Crippen LogP contribution in [-0.2, 0) is 14.3 Å². The number of anilines is 1. The number of amides is 1. The van der Waals surface area contributed by atoms with Crippen molar-refractivity contribution in [2.75, 3.05) is 11.9 Å². The zero-order valence-corrected chi connectivity index (χ0v) is 13.5. The summed E-state index contributed by atoms with van der Waals surface area (Å²) in [6.45, 7) is 5.54. The van der Waals surface area contributed by atoms with Gasteiger partial charge >= 0.3 is 5.97 Å². The van der Waals surface area contributed by atoms with E-state index in [2.05, 4.69) is 5.32 Å². The Morgan fingerprint density at radius 2 is 2.00 bits per heavy atom. The highest BCUT2D eigenvalue weighted by atomic mass is 35.5. The Labute approximate surface area is 133 Å². The quantitative estimate of drug-likeness (QED) is 0.776. The number of rotatable bonds is 7. The molecule has 0 aliphatic rings. The van der Waals surface area contributed by atoms with Crippen molar-refractivity contribution in [1.82, 2.24) is 0 Å². The molecule has 0 aliphatic heterocycles. The van der Waals surface area contributed by atoms with Crippen LogP contribution in [0.15, 0.2) is 12.1 Å². The molecule has 1 rings (SSSR count). The second-order valence-corrected chi connectivity index (χ2v) is 5.19. The van der Waals surface area contributed by atoms with Gasteiger partial charge in [0.15, 0.2) is 0 Å². The Morgan fingerprint density at radius 3 is 2.59 bits per heavy atom. The van der Waals surface area contributed by atoms with Gasteiger partial charge in [-0.1, -0.05) is 11.6 Å². The summed E-state index contributed by atoms with van der Waals surface area (Å²) in [6, 6.07) is 2.39. The van der Waals surface area contributed by atoms with E-state index in [-0.39, 0.29) is 42.0 Å². The van der Waals surface area contributed by atoms with E-state index >= 15 is 0 Å². The van der Waals surface area contributed by atoms with E-state index in [1.54, 1.807) is 20.8 Å². The fourth-order valence-electron chi connectivity index (χ4n) is 1.63. The molecule has 1 amide bonds. The second-order valence-electron chi connectivity index (χ2n) is 4.78. The van der Waals surface area contributed by atoms with Crippen molar-refractivity contribution in [2.24, 2.45) is 0 Å². The lowest BCUT2D eigenvalue weighted by molar-refractivity contribution is -0.144. The van der Waals surface area contributed by atoms with Gasteiger partial charge < -0.3 is 14.8 Å². The van der Waals surface area contributed by atoms with E-state index in [0.717, 1.165) is 6.07 Å². The summed E-state index contributed by atoms with van der Waals surface area (Å²) in [6.07, 6.45) is -0.304. The Kier molecular flexibility index (Phi) is 7.11. The largest absolute Gasteiger partial charge is 0.489 e. The monoisotopic (exact) mass is 331 g/mol. The van der Waals surface area contributed by atoms with E-state index in [4.69, 9.17) is 21.1 Å². The lowest BCUT2D eigenvalue weighted by Crippen LogP contribution is -2.16. The van der Waals surface area contributed by atoms with Crippen LogP contribution >= 0.6 is 11.6 Å². The first-order valence-electron chi connectivity index (χ1n) is 6.94. The summed E-state index contributed by atoms with van der Waals surface area (Å²) < 4.78 is 23.9. The molecule has 1 aromatic rings. The molecule has 0 aliphatic carbocycles. The van der Waals surface area contributed by atoms with Crippen molar-refractivity contribution in [3.05, 3.63) is 23.0 Å². The number of hydrogen-bond acceptors (Lipinski definition) is 4. The summed E-state index contributed by atoms with van der Waals surface area (Å²) in [5.74, 6) is -1.37. The molecule has 0 fully saturated rings. The average Bonchev–Trinajstić information content (AvgIpc) is 2.42. The van der Waals surface area contributed by atoms with Gasteiger partial charge in [-0.2, -0.15) is 0 Å². The Hall–Kier alpha value is -1.82. The van der Waals surface area contributed by atoms with Crippen molar-refractivity contribution in [3.63, 3.8) is 0 Å². The first kappa shape index (κ1) is 18.2. The van der Waals surface area contributed by atoms with Gasteiger partial charge in [-0.15, -0.1) is 0 Å². The molecule has 1 aromatic carbocycles. The molecule has 1 N–H and O–H groups in total. The minimum Gasteiger partial charge on any atom is -0.489 e. The standard InChI is InChI=1S/C15H19ClFNO4/c1-4-21-15(20)6-5-14(19)18-12-8-13(22-9(2)3)10(16)7-11(12)17/h7-9H,4-6H2,1-3H3,(H,18,19). The zero-order chi connectivity index (χ0) is 16.7. The molecule has 0 saturated heterocycles. The van der Waals surface area contributed by atoms with Crippen molar-refractivity contribution >= 4 is 29.2 Å². The normalized spacial score (nSPS) is 10.5. The van der Waals surface area contributed by atoms with Crippen molar-refractivity contribution < 1.29 is 23.5 Å². The number of nitrogens with one attached hydrogen (secondary N) is 1. The molecule has 0 saturated carbocycles. The molecule has 0 unspecified atom stereocenters. The van der Waals surface area contributed by atoms with Gasteiger partial charge in [-0.25, -0.2) is 4.39 Å². The lowest BCUT2D eigenvalue weighted by Gasteiger charge is -2.14. The van der Waals surface area contributed by atoms with Gasteiger partial charge in [0.2, 0.25) is 5.91 Å². The SMILES string of the molecule is CCOC(=O)CCC(=O)Nc1cc(OC(C)C)c(Cl)cc1F. The van der Waals surface area contributed by atoms with Crippen LogP contribution in [-0.4, -0.2) is 24.6 Å². The van der Waals surface area contributed by atoms with Crippen LogP contribution < -0.4 is 10.1 Å². The summed E-state index contributed by atoms with van der Waals surface area (Å²) in [4.78, 5) is 22.9. The van der Waals surface area contributed by atoms with Crippen LogP contribution in [0.1, 0.15) is 33.6 Å². The van der Waals surface area contributed by atoms with Crippen LogP contribution in [0.4, 0.5) is 10.1 Å². The average molecular weight is 332 g/mol. The van der Waals surface area contributed by atoms with Crippen LogP contribution in [0, 0.1) is 5.82 Å². The number of carbonyl (C=O) groups excluding carboxylic acids is 2. The van der Waals surface area contributed by atoms with E-state index < -0.39 is 17.7 Å². The summed E-state index contributed by atoms with van der Waals surface area (Å²) in [7, 11) is 0. The van der Waals surface area contributed by atoms with E-state index in [9.17, 15) is 14.0 Å². The maximum Gasteiger partial charge on any atom is 0.306 e. The second kappa shape index (κ2) is 8.58. The number of halogens is 2. The highest BCUT2D eigenvalue weighted by Gasteiger charge is 2.14. The highest BCUT2D eigenvalue weighted by molar-refractivity contribution is 6.32. The minimum absolute atomic E-state index is 0.0473. The molecular weight excluding hydrogens is 313 g/mol. The molecule has 7 heteroatoms. The fourth-order valence-corrected chi connectivity index (χ4v) is 1.83. The number of carbonyl (C=O) groups is 2. The molecule has 0 spiro atoms. The molecule has 0 atom stereocenters. The number of benzene rings is 1. The van der Waals surface area contributed by atoms with E-state index in [1.807, 2.05) is 0 Å². The van der Waals surface area contributed by atoms with Crippen LogP contribution in [0.2, 0.25) is 5.02 Å². The summed E-state index contributed by atoms with van der Waals surface area (Å²) in [5.41, 5.74) is -0.0473. The van der Waals surface area contributed by atoms with E-state index in [1.165, 1.54) is 6.07 Å². The fraction of sp³-hybridized carbons (Fsp3) is 0.467. The highest BCUT2D eigenvalue weighted by Crippen LogP contribution is 2.31. The third-order valence-electron chi connectivity index (χ3n) is 2.52. The van der Waals surface area contributed by atoms with Gasteiger partial charge in [0.1, 0.15) is 11.6 Å². The number of esters is 1. The summed E-state index contributed by atoms with van der Waals surface area (Å²) >= 11 is 5.88. The topological polar surface area (TPSA) is 64.6 Å². The number of ether oxygens (including phenoxy) is 2. The van der Waals surface area contributed by atoms with Crippen LogP contribution in [0.3, 0.4) is 0 Å². The molecule has 0 aromatic heterocycles. The molecule has 0 radical (unpaired) electrons. The van der Waals surface area contributed by atoms with E-state index in [0.29, 0.717) is 0 Å². The maximum absolute atomic E-state index is 13.8. The molecule has 0 bridgehead atoms. The van der Waals surface area contributed by atoms with Gasteiger partial charge in [0.05, 0.1) is 29.8 Å². The summed E-state index contributed by atoms with van der Waals surface area (Å²) in [5, 5.41) is 2.51. The maximum atomic E-state index is 13.8. The molecular formula is C15H19ClFNO4. The van der Waals surface area contributed by atoms with Crippen molar-refractivity contribution in [3.8, 4) is 5.75 Å². The van der Waals surface area contributed by atoms with Crippen LogP contribution in [0.5, 0.6) is 5.75 Å². The van der Waals surface area contributed by atoms with Gasteiger partial charge in [0, 0.05) is 12.5 Å². The molecule has 122 valence electrons. The van der Waals surface area contributed by atoms with Crippen molar-refractivity contribution in [2.45, 2.75) is 39.7 Å². The predicted molar refractivity (Wildman–Crippen MR) is 81.7 cm³/mol. The van der Waals surface area contributed by atoms with Crippen LogP contribution in [0.25, 0.3) is 0 Å². The smallest absolute Gasteiger partial charge is 0.306 e. The lowest BCUT2D eigenvalue weighted by atomic mass is 10.2. The third kappa shape index (κ3) is 5.89. The Morgan fingerprint density at radius 1 is 1.32 bits per heavy atom. The minimum atomic E-state index is -0.675. The molecule has 22 heavy (non-hydrogen) atoms. The Bertz CT molecular complexity index is 549. The number of hydrogen-bond donors (Lipinski definition) is 1. The van der Waals surface area contributed by atoms with Crippen molar-refractivity contribution in [1.29, 1.82) is 0 Å².